The third-order valence-corrected chi connectivity index (χ3v) is 5.42. The predicted octanol–water partition coefficient (Wildman–Crippen LogP) is 4.53. The van der Waals surface area contributed by atoms with Crippen LogP contribution in [-0.4, -0.2) is 35.8 Å². The first kappa shape index (κ1) is 22.0. The van der Waals surface area contributed by atoms with Gasteiger partial charge in [0.15, 0.2) is 0 Å². The molecule has 0 aliphatic carbocycles. The smallest absolute Gasteiger partial charge is 0.225 e. The van der Waals surface area contributed by atoms with Crippen LogP contribution in [0, 0.1) is 11.8 Å². The Morgan fingerprint density at radius 3 is 1.72 bits per heavy atom. The van der Waals surface area contributed by atoms with Gasteiger partial charge >= 0.3 is 0 Å². The fraction of sp³-hybridized carbons (Fsp3) is 0.905. The van der Waals surface area contributed by atoms with Crippen LogP contribution >= 0.6 is 0 Å². The van der Waals surface area contributed by atoms with Crippen LogP contribution < -0.4 is 5.32 Å². The van der Waals surface area contributed by atoms with E-state index >= 15 is 0 Å². The van der Waals surface area contributed by atoms with E-state index < -0.39 is 0 Å². The maximum Gasteiger partial charge on any atom is 0.225 e. The first-order valence-electron chi connectivity index (χ1n) is 10.7. The molecule has 0 radical (unpaired) electrons. The van der Waals surface area contributed by atoms with E-state index in [1.165, 1.54) is 0 Å². The lowest BCUT2D eigenvalue weighted by molar-refractivity contribution is -0.137. The first-order valence-corrected chi connectivity index (χ1v) is 10.7. The van der Waals surface area contributed by atoms with Gasteiger partial charge in [-0.3, -0.25) is 9.59 Å². The van der Waals surface area contributed by atoms with Crippen LogP contribution in [0.15, 0.2) is 0 Å². The minimum absolute atomic E-state index is 0.160. The van der Waals surface area contributed by atoms with Gasteiger partial charge in [-0.2, -0.15) is 0 Å². The SMILES string of the molecule is CCCC(CCC)C(=O)NC1CCN(C(=O)C(CCC)CCC)CC1. The molecule has 2 amide bonds. The molecule has 146 valence electrons. The van der Waals surface area contributed by atoms with Gasteiger partial charge in [-0.05, 0) is 38.5 Å². The van der Waals surface area contributed by atoms with Crippen molar-refractivity contribution in [1.29, 1.82) is 0 Å². The van der Waals surface area contributed by atoms with Gasteiger partial charge in [-0.25, -0.2) is 0 Å². The summed E-state index contributed by atoms with van der Waals surface area (Å²) in [4.78, 5) is 27.3. The van der Waals surface area contributed by atoms with Crippen LogP contribution in [0.5, 0.6) is 0 Å². The van der Waals surface area contributed by atoms with E-state index in [2.05, 4.69) is 33.0 Å². The molecule has 4 nitrogen and oxygen atoms in total. The van der Waals surface area contributed by atoms with Crippen molar-refractivity contribution >= 4 is 11.8 Å². The van der Waals surface area contributed by atoms with Crippen LogP contribution in [0.1, 0.15) is 91.9 Å². The van der Waals surface area contributed by atoms with E-state index in [4.69, 9.17) is 0 Å². The van der Waals surface area contributed by atoms with Crippen molar-refractivity contribution in [1.82, 2.24) is 10.2 Å². The molecule has 1 saturated heterocycles. The highest BCUT2D eigenvalue weighted by atomic mass is 16.2. The number of nitrogens with zero attached hydrogens (tertiary/aromatic N) is 1. The quantitative estimate of drug-likeness (QED) is 0.594. The molecule has 0 unspecified atom stereocenters. The molecule has 25 heavy (non-hydrogen) atoms. The zero-order valence-corrected chi connectivity index (χ0v) is 17.0. The molecule has 0 spiro atoms. The Bertz CT molecular complexity index is 377. The topological polar surface area (TPSA) is 49.4 Å². The van der Waals surface area contributed by atoms with Crippen LogP contribution in [-0.2, 0) is 9.59 Å². The summed E-state index contributed by atoms with van der Waals surface area (Å²) in [6.07, 6.45) is 10.00. The molecule has 1 heterocycles. The number of hydrogen-bond acceptors (Lipinski definition) is 2. The van der Waals surface area contributed by atoms with Crippen molar-refractivity contribution in [2.75, 3.05) is 13.1 Å². The third-order valence-electron chi connectivity index (χ3n) is 5.42. The van der Waals surface area contributed by atoms with Gasteiger partial charge in [0.1, 0.15) is 0 Å². The number of piperidine rings is 1. The summed E-state index contributed by atoms with van der Waals surface area (Å²) in [5.41, 5.74) is 0. The summed E-state index contributed by atoms with van der Waals surface area (Å²) in [5.74, 6) is 0.916. The number of nitrogens with one attached hydrogen (secondary N) is 1. The highest BCUT2D eigenvalue weighted by Gasteiger charge is 2.28. The second kappa shape index (κ2) is 12.3. The molecule has 1 aliphatic heterocycles. The van der Waals surface area contributed by atoms with Crippen molar-refractivity contribution in [2.24, 2.45) is 11.8 Å². The second-order valence-corrected chi connectivity index (χ2v) is 7.66. The van der Waals surface area contributed by atoms with Crippen molar-refractivity contribution in [2.45, 2.75) is 97.9 Å². The highest BCUT2D eigenvalue weighted by molar-refractivity contribution is 5.80. The monoisotopic (exact) mass is 352 g/mol. The summed E-state index contributed by atoms with van der Waals surface area (Å²) >= 11 is 0. The lowest BCUT2D eigenvalue weighted by Crippen LogP contribution is -2.49. The lowest BCUT2D eigenvalue weighted by atomic mass is 9.94. The van der Waals surface area contributed by atoms with E-state index in [0.29, 0.717) is 5.91 Å². The molecule has 0 aromatic heterocycles. The molecule has 4 heteroatoms. The molecule has 1 rings (SSSR count). The predicted molar refractivity (Wildman–Crippen MR) is 104 cm³/mol. The summed E-state index contributed by atoms with van der Waals surface area (Å²) in [5, 5.41) is 3.25. The summed E-state index contributed by atoms with van der Waals surface area (Å²) in [6, 6.07) is 0.239. The molecular weight excluding hydrogens is 312 g/mol. The average molecular weight is 353 g/mol. The van der Waals surface area contributed by atoms with Gasteiger partial charge in [0.25, 0.3) is 0 Å². The first-order chi connectivity index (χ1) is 12.1. The van der Waals surface area contributed by atoms with E-state index in [1.54, 1.807) is 0 Å². The average Bonchev–Trinajstić information content (AvgIpc) is 2.61. The number of hydrogen-bond donors (Lipinski definition) is 1. The zero-order valence-electron chi connectivity index (χ0n) is 17.0. The third kappa shape index (κ3) is 7.37. The van der Waals surface area contributed by atoms with Crippen molar-refractivity contribution in [3.63, 3.8) is 0 Å². The minimum Gasteiger partial charge on any atom is -0.353 e. The van der Waals surface area contributed by atoms with E-state index in [9.17, 15) is 9.59 Å². The van der Waals surface area contributed by atoms with Gasteiger partial charge in [0, 0.05) is 31.0 Å². The largest absolute Gasteiger partial charge is 0.353 e. The Balaban J connectivity index is 2.46. The van der Waals surface area contributed by atoms with Crippen molar-refractivity contribution in [3.05, 3.63) is 0 Å². The van der Waals surface area contributed by atoms with E-state index in [-0.39, 0.29) is 23.8 Å². The summed E-state index contributed by atoms with van der Waals surface area (Å²) in [7, 11) is 0. The molecule has 1 fully saturated rings. The van der Waals surface area contributed by atoms with E-state index in [0.717, 1.165) is 77.3 Å². The van der Waals surface area contributed by atoms with Gasteiger partial charge in [0.05, 0.1) is 0 Å². The van der Waals surface area contributed by atoms with Gasteiger partial charge in [0.2, 0.25) is 11.8 Å². The van der Waals surface area contributed by atoms with E-state index in [1.807, 2.05) is 4.90 Å². The number of likely N-dealkylation sites (tertiary alicyclic amines) is 1. The van der Waals surface area contributed by atoms with Crippen LogP contribution in [0.25, 0.3) is 0 Å². The fourth-order valence-electron chi connectivity index (χ4n) is 4.01. The van der Waals surface area contributed by atoms with Crippen molar-refractivity contribution in [3.8, 4) is 0 Å². The van der Waals surface area contributed by atoms with Gasteiger partial charge in [-0.15, -0.1) is 0 Å². The lowest BCUT2D eigenvalue weighted by Gasteiger charge is -2.35. The summed E-state index contributed by atoms with van der Waals surface area (Å²) in [6.45, 7) is 10.2. The molecular formula is C21H40N2O2. The molecule has 0 aromatic carbocycles. The molecule has 0 atom stereocenters. The summed E-state index contributed by atoms with van der Waals surface area (Å²) < 4.78 is 0. The maximum atomic E-state index is 12.7. The van der Waals surface area contributed by atoms with Gasteiger partial charge < -0.3 is 10.2 Å². The Morgan fingerprint density at radius 2 is 1.28 bits per heavy atom. The number of amides is 2. The van der Waals surface area contributed by atoms with Crippen LogP contribution in [0.2, 0.25) is 0 Å². The molecule has 1 aliphatic rings. The Hall–Kier alpha value is -1.06. The Kier molecular flexibility index (Phi) is 10.8. The van der Waals surface area contributed by atoms with Gasteiger partial charge in [-0.1, -0.05) is 53.4 Å². The van der Waals surface area contributed by atoms with Crippen molar-refractivity contribution < 1.29 is 9.59 Å². The number of carbonyl (C=O) groups is 2. The fourth-order valence-corrected chi connectivity index (χ4v) is 4.01. The standard InChI is InChI=1S/C21H40N2O2/c1-5-9-17(10-6-2)20(24)22-19-13-15-23(16-14-19)21(25)18(11-7-3)12-8-4/h17-19H,5-16H2,1-4H3,(H,22,24). The minimum atomic E-state index is 0.160. The highest BCUT2D eigenvalue weighted by Crippen LogP contribution is 2.21. The molecule has 0 saturated carbocycles. The Morgan fingerprint density at radius 1 is 0.840 bits per heavy atom. The maximum absolute atomic E-state index is 12.7. The number of rotatable bonds is 11. The molecule has 0 bridgehead atoms. The molecule has 0 aromatic rings. The zero-order chi connectivity index (χ0) is 18.7. The molecule has 1 N–H and O–H groups in total. The van der Waals surface area contributed by atoms with Crippen LogP contribution in [0.4, 0.5) is 0 Å². The van der Waals surface area contributed by atoms with Crippen LogP contribution in [0.3, 0.4) is 0 Å². The normalized spacial score (nSPS) is 15.8. The second-order valence-electron chi connectivity index (χ2n) is 7.66. The number of carbonyl (C=O) groups excluding carboxylic acids is 2. The Labute approximate surface area is 155 Å².